The van der Waals surface area contributed by atoms with Crippen molar-refractivity contribution in [3.8, 4) is 0 Å². The van der Waals surface area contributed by atoms with E-state index in [0.29, 0.717) is 30.8 Å². The Labute approximate surface area is 178 Å². The van der Waals surface area contributed by atoms with Gasteiger partial charge >= 0.3 is 0 Å². The Hall–Kier alpha value is -2.09. The first-order valence-electron chi connectivity index (χ1n) is 9.66. The van der Waals surface area contributed by atoms with Crippen molar-refractivity contribution >= 4 is 34.0 Å². The predicted molar refractivity (Wildman–Crippen MR) is 117 cm³/mol. The molecule has 0 spiro atoms. The molecule has 2 aromatic carbocycles. The Morgan fingerprint density at radius 2 is 2.03 bits per heavy atom. The van der Waals surface area contributed by atoms with Gasteiger partial charge in [0.2, 0.25) is 10.0 Å². The number of hydrogen-bond acceptors (Lipinski definition) is 4. The molecule has 0 bridgehead atoms. The van der Waals surface area contributed by atoms with Crippen LogP contribution in [-0.2, 0) is 16.4 Å². The number of benzene rings is 2. The molecule has 29 heavy (non-hydrogen) atoms. The predicted octanol–water partition coefficient (Wildman–Crippen LogP) is 2.57. The molecule has 2 heterocycles. The molecule has 156 valence electrons. The first kappa shape index (κ1) is 21.6. The molecule has 2 aromatic rings. The van der Waals surface area contributed by atoms with E-state index < -0.39 is 10.0 Å². The summed E-state index contributed by atoms with van der Waals surface area (Å²) in [6.07, 6.45) is 1.64. The summed E-state index contributed by atoms with van der Waals surface area (Å²) in [6, 6.07) is 13.6. The van der Waals surface area contributed by atoms with Crippen LogP contribution in [0.15, 0.2) is 42.5 Å². The van der Waals surface area contributed by atoms with E-state index in [1.807, 2.05) is 19.1 Å². The van der Waals surface area contributed by atoms with Gasteiger partial charge in [-0.2, -0.15) is 0 Å². The molecule has 0 radical (unpaired) electrons. The standard InChI is InChI=1S/C21H25N3O3S.ClH/c1-15-13-17(24-11-4-12-28(24,26)27)7-8-18(15)21(25)23-14-20-19-6-3-2-5-16(19)9-10-22-20;/h2-3,5-8,13,20,22H,4,9-12,14H2,1H3,(H,23,25);1H. The first-order valence-corrected chi connectivity index (χ1v) is 11.3. The van der Waals surface area contributed by atoms with Crippen molar-refractivity contribution in [3.05, 3.63) is 64.7 Å². The van der Waals surface area contributed by atoms with Crippen LogP contribution in [-0.4, -0.2) is 39.7 Å². The summed E-state index contributed by atoms with van der Waals surface area (Å²) in [4.78, 5) is 12.7. The second kappa shape index (κ2) is 8.73. The lowest BCUT2D eigenvalue weighted by Crippen LogP contribution is -2.39. The lowest BCUT2D eigenvalue weighted by atomic mass is 9.94. The monoisotopic (exact) mass is 435 g/mol. The van der Waals surface area contributed by atoms with Crippen LogP contribution >= 0.6 is 12.4 Å². The Bertz CT molecular complexity index is 1010. The van der Waals surface area contributed by atoms with Gasteiger partial charge in [0.25, 0.3) is 5.91 Å². The quantitative estimate of drug-likeness (QED) is 0.773. The summed E-state index contributed by atoms with van der Waals surface area (Å²) >= 11 is 0. The molecule has 1 fully saturated rings. The minimum Gasteiger partial charge on any atom is -0.350 e. The van der Waals surface area contributed by atoms with E-state index in [1.54, 1.807) is 18.2 Å². The van der Waals surface area contributed by atoms with Gasteiger partial charge in [-0.25, -0.2) is 8.42 Å². The zero-order valence-corrected chi connectivity index (χ0v) is 18.0. The van der Waals surface area contributed by atoms with Crippen LogP contribution in [0.3, 0.4) is 0 Å². The lowest BCUT2D eigenvalue weighted by Gasteiger charge is -2.27. The summed E-state index contributed by atoms with van der Waals surface area (Å²) in [7, 11) is -3.22. The number of carbonyl (C=O) groups is 1. The largest absolute Gasteiger partial charge is 0.350 e. The van der Waals surface area contributed by atoms with E-state index in [1.165, 1.54) is 15.4 Å². The number of aryl methyl sites for hydroxylation is 1. The molecular weight excluding hydrogens is 410 g/mol. The number of hydrogen-bond donors (Lipinski definition) is 2. The van der Waals surface area contributed by atoms with Gasteiger partial charge in [0.15, 0.2) is 0 Å². The first-order chi connectivity index (χ1) is 13.5. The van der Waals surface area contributed by atoms with Crippen molar-refractivity contribution in [2.75, 3.05) is 29.7 Å². The number of sulfonamides is 1. The highest BCUT2D eigenvalue weighted by atomic mass is 35.5. The number of nitrogens with one attached hydrogen (secondary N) is 2. The molecule has 2 N–H and O–H groups in total. The van der Waals surface area contributed by atoms with Crippen molar-refractivity contribution in [2.24, 2.45) is 0 Å². The van der Waals surface area contributed by atoms with E-state index in [-0.39, 0.29) is 30.1 Å². The number of rotatable bonds is 4. The summed E-state index contributed by atoms with van der Waals surface area (Å²) in [5.41, 5.74) is 4.54. The highest BCUT2D eigenvalue weighted by Crippen LogP contribution is 2.26. The minimum absolute atomic E-state index is 0. The molecule has 0 saturated carbocycles. The van der Waals surface area contributed by atoms with Gasteiger partial charge in [-0.1, -0.05) is 24.3 Å². The zero-order chi connectivity index (χ0) is 19.7. The molecule has 4 rings (SSSR count). The highest BCUT2D eigenvalue weighted by Gasteiger charge is 2.29. The number of halogens is 1. The van der Waals surface area contributed by atoms with Crippen LogP contribution in [0.1, 0.15) is 39.5 Å². The maximum atomic E-state index is 12.7. The minimum atomic E-state index is -3.22. The van der Waals surface area contributed by atoms with Crippen molar-refractivity contribution in [3.63, 3.8) is 0 Å². The Balaban J connectivity index is 0.00000240. The molecule has 1 unspecified atom stereocenters. The number of anilines is 1. The Morgan fingerprint density at radius 1 is 1.24 bits per heavy atom. The van der Waals surface area contributed by atoms with Crippen molar-refractivity contribution in [1.82, 2.24) is 10.6 Å². The third-order valence-corrected chi connectivity index (χ3v) is 7.39. The Morgan fingerprint density at radius 3 is 2.76 bits per heavy atom. The average Bonchev–Trinajstić information content (AvgIpc) is 3.05. The smallest absolute Gasteiger partial charge is 0.251 e. The fraction of sp³-hybridized carbons (Fsp3) is 0.381. The SMILES string of the molecule is Cc1cc(N2CCCS2(=O)=O)ccc1C(=O)NCC1NCCc2ccccc21.Cl. The topological polar surface area (TPSA) is 78.5 Å². The van der Waals surface area contributed by atoms with E-state index in [4.69, 9.17) is 0 Å². The molecule has 0 aromatic heterocycles. The van der Waals surface area contributed by atoms with Gasteiger partial charge in [0.1, 0.15) is 0 Å². The molecule has 1 atom stereocenters. The van der Waals surface area contributed by atoms with E-state index in [0.717, 1.165) is 18.5 Å². The number of carbonyl (C=O) groups excluding carboxylic acids is 1. The Kier molecular flexibility index (Phi) is 6.51. The van der Waals surface area contributed by atoms with Crippen LogP contribution in [0.2, 0.25) is 0 Å². The molecule has 0 aliphatic carbocycles. The molecule has 1 saturated heterocycles. The van der Waals surface area contributed by atoms with Crippen LogP contribution in [0.4, 0.5) is 5.69 Å². The third kappa shape index (κ3) is 4.42. The third-order valence-electron chi connectivity index (χ3n) is 5.52. The van der Waals surface area contributed by atoms with E-state index >= 15 is 0 Å². The van der Waals surface area contributed by atoms with Gasteiger partial charge in [0, 0.05) is 24.7 Å². The summed E-state index contributed by atoms with van der Waals surface area (Å²) in [6.45, 7) is 3.75. The van der Waals surface area contributed by atoms with Crippen LogP contribution < -0.4 is 14.9 Å². The lowest BCUT2D eigenvalue weighted by molar-refractivity contribution is 0.0948. The van der Waals surface area contributed by atoms with Crippen molar-refractivity contribution in [1.29, 1.82) is 0 Å². The second-order valence-corrected chi connectivity index (χ2v) is 9.42. The molecule has 8 heteroatoms. The average molecular weight is 436 g/mol. The van der Waals surface area contributed by atoms with Crippen LogP contribution in [0, 0.1) is 6.92 Å². The summed E-state index contributed by atoms with van der Waals surface area (Å²) in [5.74, 6) is 0.0441. The number of amides is 1. The molecule has 2 aliphatic heterocycles. The maximum absolute atomic E-state index is 12.7. The molecule has 6 nitrogen and oxygen atoms in total. The highest BCUT2D eigenvalue weighted by molar-refractivity contribution is 7.93. The van der Waals surface area contributed by atoms with Crippen LogP contribution in [0.5, 0.6) is 0 Å². The van der Waals surface area contributed by atoms with Gasteiger partial charge < -0.3 is 10.6 Å². The number of fused-ring (bicyclic) bond motifs is 1. The fourth-order valence-electron chi connectivity index (χ4n) is 4.05. The van der Waals surface area contributed by atoms with Gasteiger partial charge in [-0.3, -0.25) is 9.10 Å². The summed E-state index contributed by atoms with van der Waals surface area (Å²) in [5, 5.41) is 6.49. The second-order valence-electron chi connectivity index (χ2n) is 7.41. The van der Waals surface area contributed by atoms with Gasteiger partial charge in [-0.05, 0) is 61.2 Å². The van der Waals surface area contributed by atoms with E-state index in [9.17, 15) is 13.2 Å². The zero-order valence-electron chi connectivity index (χ0n) is 16.3. The molecule has 2 aliphatic rings. The molecule has 1 amide bonds. The summed E-state index contributed by atoms with van der Waals surface area (Å²) < 4.78 is 25.7. The molecular formula is C21H26ClN3O3S. The van der Waals surface area contributed by atoms with Gasteiger partial charge in [-0.15, -0.1) is 12.4 Å². The normalized spacial score (nSPS) is 19.9. The van der Waals surface area contributed by atoms with E-state index in [2.05, 4.69) is 22.8 Å². The number of nitrogens with zero attached hydrogens (tertiary/aromatic N) is 1. The maximum Gasteiger partial charge on any atom is 0.251 e. The van der Waals surface area contributed by atoms with Crippen molar-refractivity contribution in [2.45, 2.75) is 25.8 Å². The van der Waals surface area contributed by atoms with Crippen molar-refractivity contribution < 1.29 is 13.2 Å². The van der Waals surface area contributed by atoms with Crippen LogP contribution in [0.25, 0.3) is 0 Å². The fourth-order valence-corrected chi connectivity index (χ4v) is 5.61. The van der Waals surface area contributed by atoms with Gasteiger partial charge in [0.05, 0.1) is 11.4 Å².